The van der Waals surface area contributed by atoms with E-state index in [9.17, 15) is 18.9 Å². The lowest BCUT2D eigenvalue weighted by Gasteiger charge is -2.08. The molecule has 0 amide bonds. The number of rotatable bonds is 5. The molecule has 2 rings (SSSR count). The number of halogens is 3. The SMILES string of the molecule is O=[N+]([O-])c1cc(Cl)c(F)cc1NCCc1cccc(F)c1. The van der Waals surface area contributed by atoms with E-state index in [-0.39, 0.29) is 22.2 Å². The molecule has 0 fully saturated rings. The monoisotopic (exact) mass is 312 g/mol. The van der Waals surface area contributed by atoms with E-state index in [0.717, 1.165) is 17.7 Å². The molecular weight excluding hydrogens is 302 g/mol. The van der Waals surface area contributed by atoms with Crippen molar-refractivity contribution in [1.82, 2.24) is 0 Å². The summed E-state index contributed by atoms with van der Waals surface area (Å²) in [5.74, 6) is -1.09. The molecule has 0 aliphatic rings. The van der Waals surface area contributed by atoms with Gasteiger partial charge in [-0.1, -0.05) is 23.7 Å². The van der Waals surface area contributed by atoms with Crippen LogP contribution in [0.5, 0.6) is 0 Å². The highest BCUT2D eigenvalue weighted by Gasteiger charge is 2.17. The standard InChI is InChI=1S/C14H11ClF2N2O2/c15-11-7-14(19(20)21)13(8-12(11)17)18-5-4-9-2-1-3-10(16)6-9/h1-3,6-8,18H,4-5H2. The topological polar surface area (TPSA) is 55.2 Å². The minimum Gasteiger partial charge on any atom is -0.379 e. The van der Waals surface area contributed by atoms with Crippen LogP contribution < -0.4 is 5.32 Å². The summed E-state index contributed by atoms with van der Waals surface area (Å²) >= 11 is 5.53. The molecule has 0 aliphatic heterocycles. The lowest BCUT2D eigenvalue weighted by atomic mass is 10.1. The van der Waals surface area contributed by atoms with Gasteiger partial charge in [0.25, 0.3) is 5.69 Å². The van der Waals surface area contributed by atoms with E-state index >= 15 is 0 Å². The number of hydrogen-bond acceptors (Lipinski definition) is 3. The first-order chi connectivity index (χ1) is 9.97. The van der Waals surface area contributed by atoms with Crippen LogP contribution in [0.4, 0.5) is 20.2 Å². The van der Waals surface area contributed by atoms with Crippen LogP contribution in [0, 0.1) is 21.7 Å². The Labute approximate surface area is 124 Å². The van der Waals surface area contributed by atoms with Gasteiger partial charge in [0.05, 0.1) is 9.95 Å². The van der Waals surface area contributed by atoms with Crippen LogP contribution >= 0.6 is 11.6 Å². The molecule has 21 heavy (non-hydrogen) atoms. The molecule has 0 aromatic heterocycles. The summed E-state index contributed by atoms with van der Waals surface area (Å²) in [6.07, 6.45) is 0.444. The third kappa shape index (κ3) is 3.88. The molecule has 4 nitrogen and oxygen atoms in total. The normalized spacial score (nSPS) is 10.4. The minimum atomic E-state index is -0.740. The molecule has 1 N–H and O–H groups in total. The van der Waals surface area contributed by atoms with Gasteiger partial charge < -0.3 is 5.32 Å². The Morgan fingerprint density at radius 3 is 2.67 bits per heavy atom. The molecule has 2 aromatic rings. The van der Waals surface area contributed by atoms with Crippen molar-refractivity contribution in [1.29, 1.82) is 0 Å². The first kappa shape index (κ1) is 15.2. The third-order valence-corrected chi connectivity index (χ3v) is 3.14. The number of anilines is 1. The van der Waals surface area contributed by atoms with Gasteiger partial charge in [-0.3, -0.25) is 10.1 Å². The largest absolute Gasteiger partial charge is 0.379 e. The molecule has 0 saturated carbocycles. The van der Waals surface area contributed by atoms with E-state index in [4.69, 9.17) is 11.6 Å². The van der Waals surface area contributed by atoms with Gasteiger partial charge in [-0.15, -0.1) is 0 Å². The van der Waals surface area contributed by atoms with Gasteiger partial charge in [-0.2, -0.15) is 0 Å². The molecule has 7 heteroatoms. The molecule has 0 unspecified atom stereocenters. The van der Waals surface area contributed by atoms with Crippen LogP contribution in [0.25, 0.3) is 0 Å². The third-order valence-electron chi connectivity index (χ3n) is 2.85. The Morgan fingerprint density at radius 2 is 2.00 bits per heavy atom. The van der Waals surface area contributed by atoms with Crippen LogP contribution in [0.3, 0.4) is 0 Å². The zero-order chi connectivity index (χ0) is 15.4. The average Bonchev–Trinajstić information content (AvgIpc) is 2.42. The van der Waals surface area contributed by atoms with E-state index in [1.165, 1.54) is 12.1 Å². The summed E-state index contributed by atoms with van der Waals surface area (Å²) < 4.78 is 26.4. The van der Waals surface area contributed by atoms with Gasteiger partial charge in [0.2, 0.25) is 0 Å². The molecule has 0 radical (unpaired) electrons. The van der Waals surface area contributed by atoms with Crippen LogP contribution in [-0.2, 0) is 6.42 Å². The Balaban J connectivity index is 2.09. The maximum Gasteiger partial charge on any atom is 0.294 e. The number of nitro benzene ring substituents is 1. The molecule has 0 bridgehead atoms. The van der Waals surface area contributed by atoms with Crippen molar-refractivity contribution in [2.24, 2.45) is 0 Å². The summed E-state index contributed by atoms with van der Waals surface area (Å²) in [7, 11) is 0. The fourth-order valence-electron chi connectivity index (χ4n) is 1.86. The molecule has 0 aliphatic carbocycles. The maximum absolute atomic E-state index is 13.4. The van der Waals surface area contributed by atoms with Gasteiger partial charge in [-0.05, 0) is 24.1 Å². The van der Waals surface area contributed by atoms with E-state index in [1.807, 2.05) is 0 Å². The van der Waals surface area contributed by atoms with Crippen molar-refractivity contribution in [3.05, 3.63) is 68.7 Å². The van der Waals surface area contributed by atoms with Crippen molar-refractivity contribution in [2.45, 2.75) is 6.42 Å². The highest BCUT2D eigenvalue weighted by Crippen LogP contribution is 2.30. The van der Waals surface area contributed by atoms with Crippen molar-refractivity contribution in [2.75, 3.05) is 11.9 Å². The smallest absolute Gasteiger partial charge is 0.294 e. The predicted octanol–water partition coefficient (Wildman–Crippen LogP) is 4.18. The molecule has 0 heterocycles. The highest BCUT2D eigenvalue weighted by molar-refractivity contribution is 6.31. The van der Waals surface area contributed by atoms with E-state index in [0.29, 0.717) is 13.0 Å². The quantitative estimate of drug-likeness (QED) is 0.665. The molecule has 0 spiro atoms. The molecule has 2 aromatic carbocycles. The maximum atomic E-state index is 13.4. The average molecular weight is 313 g/mol. The van der Waals surface area contributed by atoms with Gasteiger partial charge in [0.1, 0.15) is 17.3 Å². The van der Waals surface area contributed by atoms with Gasteiger partial charge in [0.15, 0.2) is 0 Å². The Kier molecular flexibility index (Phi) is 4.70. The number of hydrogen-bond donors (Lipinski definition) is 1. The summed E-state index contributed by atoms with van der Waals surface area (Å²) in [6.45, 7) is 0.297. The van der Waals surface area contributed by atoms with Crippen LogP contribution in [-0.4, -0.2) is 11.5 Å². The lowest BCUT2D eigenvalue weighted by Crippen LogP contribution is -2.07. The molecular formula is C14H11ClF2N2O2. The summed E-state index contributed by atoms with van der Waals surface area (Å²) in [5.41, 5.74) is 0.471. The van der Waals surface area contributed by atoms with E-state index in [1.54, 1.807) is 12.1 Å². The van der Waals surface area contributed by atoms with Crippen molar-refractivity contribution in [3.63, 3.8) is 0 Å². The van der Waals surface area contributed by atoms with E-state index < -0.39 is 10.7 Å². The lowest BCUT2D eigenvalue weighted by molar-refractivity contribution is -0.384. The van der Waals surface area contributed by atoms with Crippen molar-refractivity contribution < 1.29 is 13.7 Å². The van der Waals surface area contributed by atoms with Crippen LogP contribution in [0.15, 0.2) is 36.4 Å². The first-order valence-corrected chi connectivity index (χ1v) is 6.47. The fourth-order valence-corrected chi connectivity index (χ4v) is 2.02. The number of benzene rings is 2. The van der Waals surface area contributed by atoms with Gasteiger partial charge in [0, 0.05) is 18.7 Å². The second-order valence-electron chi connectivity index (χ2n) is 4.35. The second kappa shape index (κ2) is 6.49. The van der Waals surface area contributed by atoms with Crippen molar-refractivity contribution >= 4 is 23.0 Å². The number of nitrogens with zero attached hydrogens (tertiary/aromatic N) is 1. The van der Waals surface area contributed by atoms with Gasteiger partial charge in [-0.25, -0.2) is 8.78 Å². The molecule has 110 valence electrons. The summed E-state index contributed by atoms with van der Waals surface area (Å²) in [6, 6.07) is 7.96. The number of nitrogens with one attached hydrogen (secondary N) is 1. The first-order valence-electron chi connectivity index (χ1n) is 6.09. The Bertz CT molecular complexity index is 680. The van der Waals surface area contributed by atoms with Crippen LogP contribution in [0.2, 0.25) is 5.02 Å². The summed E-state index contributed by atoms with van der Waals surface area (Å²) in [5, 5.41) is 13.4. The zero-order valence-electron chi connectivity index (χ0n) is 10.8. The number of nitro groups is 1. The predicted molar refractivity (Wildman–Crippen MR) is 76.7 cm³/mol. The van der Waals surface area contributed by atoms with E-state index in [2.05, 4.69) is 5.32 Å². The molecule has 0 atom stereocenters. The highest BCUT2D eigenvalue weighted by atomic mass is 35.5. The van der Waals surface area contributed by atoms with Crippen molar-refractivity contribution in [3.8, 4) is 0 Å². The fraction of sp³-hybridized carbons (Fsp3) is 0.143. The Hall–Kier alpha value is -2.21. The Morgan fingerprint density at radius 1 is 1.24 bits per heavy atom. The summed E-state index contributed by atoms with van der Waals surface area (Å²) in [4.78, 5) is 10.3. The minimum absolute atomic E-state index is 0.0401. The zero-order valence-corrected chi connectivity index (χ0v) is 11.5. The second-order valence-corrected chi connectivity index (χ2v) is 4.75. The van der Waals surface area contributed by atoms with Gasteiger partial charge >= 0.3 is 0 Å². The molecule has 0 saturated heterocycles. The van der Waals surface area contributed by atoms with Crippen LogP contribution in [0.1, 0.15) is 5.56 Å².